The van der Waals surface area contributed by atoms with Crippen molar-refractivity contribution in [2.24, 2.45) is 4.99 Å². The van der Waals surface area contributed by atoms with E-state index in [-0.39, 0.29) is 0 Å². The number of carbonyl (C=O) groups is 1. The van der Waals surface area contributed by atoms with E-state index in [1.165, 1.54) is 0 Å². The van der Waals surface area contributed by atoms with Gasteiger partial charge in [0.25, 0.3) is 0 Å². The molecule has 5 heteroatoms. The molecule has 0 bridgehead atoms. The van der Waals surface area contributed by atoms with Gasteiger partial charge in [-0.3, -0.25) is 0 Å². The van der Waals surface area contributed by atoms with Gasteiger partial charge in [0.1, 0.15) is 5.84 Å². The molecule has 2 aliphatic rings. The van der Waals surface area contributed by atoms with Gasteiger partial charge in [0.2, 0.25) is 0 Å². The van der Waals surface area contributed by atoms with E-state index in [0.29, 0.717) is 12.3 Å². The third-order valence-corrected chi connectivity index (χ3v) is 3.31. The molecule has 0 aromatic carbocycles. The van der Waals surface area contributed by atoms with Crippen LogP contribution < -0.4 is 0 Å². The van der Waals surface area contributed by atoms with E-state index in [1.54, 1.807) is 17.2 Å². The second kappa shape index (κ2) is 3.38. The van der Waals surface area contributed by atoms with Crippen LogP contribution in [0.3, 0.4) is 0 Å². The normalized spacial score (nSPS) is 32.8. The van der Waals surface area contributed by atoms with Crippen molar-refractivity contribution in [2.75, 3.05) is 0 Å². The van der Waals surface area contributed by atoms with Crippen LogP contribution in [0.15, 0.2) is 29.4 Å². The maximum absolute atomic E-state index is 11.1. The van der Waals surface area contributed by atoms with Crippen molar-refractivity contribution < 1.29 is 9.90 Å². The first-order valence-corrected chi connectivity index (χ1v) is 5.11. The van der Waals surface area contributed by atoms with Crippen LogP contribution in [0.1, 0.15) is 13.3 Å². The highest BCUT2D eigenvalue weighted by molar-refractivity contribution is 6.28. The molecule has 0 saturated carbocycles. The average molecular weight is 227 g/mol. The van der Waals surface area contributed by atoms with Crippen LogP contribution >= 0.6 is 11.6 Å². The van der Waals surface area contributed by atoms with E-state index in [2.05, 4.69) is 4.99 Å². The second-order valence-corrected chi connectivity index (χ2v) is 4.13. The van der Waals surface area contributed by atoms with Crippen LogP contribution in [0.25, 0.3) is 0 Å². The summed E-state index contributed by atoms with van der Waals surface area (Å²) in [6.45, 7) is 1.85. The number of aliphatic imine (C=N–C) groups is 1. The summed E-state index contributed by atoms with van der Waals surface area (Å²) < 4.78 is 0. The third kappa shape index (κ3) is 1.36. The Morgan fingerprint density at radius 3 is 3.07 bits per heavy atom. The van der Waals surface area contributed by atoms with Crippen LogP contribution in [0.4, 0.5) is 0 Å². The molecular formula is C10H11ClN2O2. The van der Waals surface area contributed by atoms with Gasteiger partial charge in [0.15, 0.2) is 11.0 Å². The van der Waals surface area contributed by atoms with Gasteiger partial charge in [0.05, 0.1) is 0 Å². The van der Waals surface area contributed by atoms with Crippen molar-refractivity contribution in [3.8, 4) is 0 Å². The molecule has 0 amide bonds. The SMILES string of the molecule is CCC1(Cl)C(C(=O)O)N=C2C=CC=CN21. The molecule has 0 radical (unpaired) electrons. The Morgan fingerprint density at radius 2 is 2.47 bits per heavy atom. The topological polar surface area (TPSA) is 52.9 Å². The van der Waals surface area contributed by atoms with Gasteiger partial charge in [-0.2, -0.15) is 0 Å². The largest absolute Gasteiger partial charge is 0.480 e. The Kier molecular flexibility index (Phi) is 2.31. The molecule has 1 N–H and O–H groups in total. The standard InChI is InChI=1S/C10H11ClN2O2/c1-2-10(11)8(9(14)15)12-7-5-3-4-6-13(7)10/h3-6,8H,2H2,1H3,(H,14,15). The first-order valence-electron chi connectivity index (χ1n) is 4.73. The smallest absolute Gasteiger partial charge is 0.332 e. The monoisotopic (exact) mass is 226 g/mol. The number of nitrogens with zero attached hydrogens (tertiary/aromatic N) is 2. The zero-order valence-corrected chi connectivity index (χ0v) is 8.98. The number of hydrogen-bond acceptors (Lipinski definition) is 3. The molecule has 2 heterocycles. The number of amidine groups is 1. The quantitative estimate of drug-likeness (QED) is 0.575. The minimum Gasteiger partial charge on any atom is -0.480 e. The molecule has 0 aromatic heterocycles. The van der Waals surface area contributed by atoms with E-state index < -0.39 is 17.0 Å². The van der Waals surface area contributed by atoms with Crippen LogP contribution in [0.5, 0.6) is 0 Å². The lowest BCUT2D eigenvalue weighted by atomic mass is 10.1. The van der Waals surface area contributed by atoms with Crippen LogP contribution in [-0.4, -0.2) is 32.9 Å². The molecule has 0 aromatic rings. The lowest BCUT2D eigenvalue weighted by Crippen LogP contribution is -2.48. The van der Waals surface area contributed by atoms with Gasteiger partial charge in [-0.15, -0.1) is 0 Å². The summed E-state index contributed by atoms with van der Waals surface area (Å²) in [6.07, 6.45) is 7.66. The van der Waals surface area contributed by atoms with Gasteiger partial charge in [-0.05, 0) is 18.6 Å². The number of aliphatic carboxylic acids is 1. The lowest BCUT2D eigenvalue weighted by molar-refractivity contribution is -0.139. The fraction of sp³-hybridized carbons (Fsp3) is 0.400. The molecule has 4 nitrogen and oxygen atoms in total. The van der Waals surface area contributed by atoms with Gasteiger partial charge in [-0.25, -0.2) is 9.79 Å². The Bertz CT molecular complexity index is 389. The van der Waals surface area contributed by atoms with E-state index in [4.69, 9.17) is 16.7 Å². The van der Waals surface area contributed by atoms with Gasteiger partial charge in [0, 0.05) is 6.20 Å². The van der Waals surface area contributed by atoms with Crippen molar-refractivity contribution in [3.05, 3.63) is 24.4 Å². The number of allylic oxidation sites excluding steroid dienone is 2. The molecule has 0 aliphatic carbocycles. The number of hydrogen-bond donors (Lipinski definition) is 1. The average Bonchev–Trinajstić information content (AvgIpc) is 2.54. The molecule has 2 unspecified atom stereocenters. The molecule has 2 aliphatic heterocycles. The zero-order chi connectivity index (χ0) is 11.1. The predicted octanol–water partition coefficient (Wildman–Crippen LogP) is 1.58. The maximum atomic E-state index is 11.1. The van der Waals surface area contributed by atoms with Crippen LogP contribution in [0.2, 0.25) is 0 Å². The highest BCUT2D eigenvalue weighted by Crippen LogP contribution is 2.38. The van der Waals surface area contributed by atoms with E-state index in [0.717, 1.165) is 0 Å². The fourth-order valence-corrected chi connectivity index (χ4v) is 2.11. The number of carboxylic acids is 1. The van der Waals surface area contributed by atoms with Gasteiger partial charge >= 0.3 is 5.97 Å². The number of alkyl halides is 1. The van der Waals surface area contributed by atoms with Crippen molar-refractivity contribution >= 4 is 23.4 Å². The van der Waals surface area contributed by atoms with Crippen molar-refractivity contribution in [2.45, 2.75) is 24.4 Å². The molecule has 2 atom stereocenters. The molecule has 80 valence electrons. The summed E-state index contributed by atoms with van der Waals surface area (Å²) >= 11 is 6.34. The summed E-state index contributed by atoms with van der Waals surface area (Å²) in [6, 6.07) is -0.911. The predicted molar refractivity (Wildman–Crippen MR) is 57.9 cm³/mol. The minimum absolute atomic E-state index is 0.511. The second-order valence-electron chi connectivity index (χ2n) is 3.47. The van der Waals surface area contributed by atoms with Crippen molar-refractivity contribution in [3.63, 3.8) is 0 Å². The van der Waals surface area contributed by atoms with E-state index >= 15 is 0 Å². The number of fused-ring (bicyclic) bond motifs is 1. The molecular weight excluding hydrogens is 216 g/mol. The Labute approximate surface area is 92.5 Å². The Morgan fingerprint density at radius 1 is 1.73 bits per heavy atom. The molecule has 0 fully saturated rings. The number of rotatable bonds is 2. The molecule has 0 saturated heterocycles. The number of halogens is 1. The zero-order valence-electron chi connectivity index (χ0n) is 8.22. The summed E-state index contributed by atoms with van der Waals surface area (Å²) in [5.74, 6) is -0.377. The van der Waals surface area contributed by atoms with Crippen LogP contribution in [0, 0.1) is 0 Å². The van der Waals surface area contributed by atoms with Crippen molar-refractivity contribution in [1.82, 2.24) is 4.90 Å². The number of carboxylic acid groups (broad SMARTS) is 1. The summed E-state index contributed by atoms with van der Waals surface area (Å²) in [4.78, 5) is 15.9. The summed E-state index contributed by atoms with van der Waals surface area (Å²) in [5, 5.41) is 9.06. The van der Waals surface area contributed by atoms with Gasteiger partial charge < -0.3 is 10.0 Å². The highest BCUT2D eigenvalue weighted by atomic mass is 35.5. The van der Waals surface area contributed by atoms with Crippen LogP contribution in [-0.2, 0) is 4.79 Å². The Balaban J connectivity index is 2.43. The third-order valence-electron chi connectivity index (χ3n) is 2.65. The lowest BCUT2D eigenvalue weighted by Gasteiger charge is -2.33. The van der Waals surface area contributed by atoms with E-state index in [9.17, 15) is 4.79 Å². The molecule has 0 spiro atoms. The van der Waals surface area contributed by atoms with E-state index in [1.807, 2.05) is 19.1 Å². The summed E-state index contributed by atoms with van der Waals surface area (Å²) in [7, 11) is 0. The minimum atomic E-state index is -0.990. The summed E-state index contributed by atoms with van der Waals surface area (Å²) in [5.41, 5.74) is 0. The first-order chi connectivity index (χ1) is 7.09. The molecule has 2 rings (SSSR count). The van der Waals surface area contributed by atoms with Gasteiger partial charge in [-0.1, -0.05) is 24.6 Å². The maximum Gasteiger partial charge on any atom is 0.332 e. The van der Waals surface area contributed by atoms with Crippen molar-refractivity contribution in [1.29, 1.82) is 0 Å². The first kappa shape index (κ1) is 10.2. The fourth-order valence-electron chi connectivity index (χ4n) is 1.82. The molecule has 15 heavy (non-hydrogen) atoms. The Hall–Kier alpha value is -1.29. The highest BCUT2D eigenvalue weighted by Gasteiger charge is 2.50.